The molecule has 1 aromatic heterocycles. The summed E-state index contributed by atoms with van der Waals surface area (Å²) in [5.74, 6) is 0.660. The van der Waals surface area contributed by atoms with Crippen LogP contribution < -0.4 is 0 Å². The van der Waals surface area contributed by atoms with Crippen LogP contribution in [-0.4, -0.2) is 57.2 Å². The van der Waals surface area contributed by atoms with E-state index >= 15 is 0 Å². The molecule has 24 heavy (non-hydrogen) atoms. The lowest BCUT2D eigenvalue weighted by Gasteiger charge is -2.26. The lowest BCUT2D eigenvalue weighted by molar-refractivity contribution is -0.132. The molecule has 128 valence electrons. The average molecular weight is 349 g/mol. The number of ether oxygens (including phenoxy) is 1. The Morgan fingerprint density at radius 3 is 2.79 bits per heavy atom. The Morgan fingerprint density at radius 1 is 1.29 bits per heavy atom. The van der Waals surface area contributed by atoms with Gasteiger partial charge in [-0.05, 0) is 12.5 Å². The molecule has 1 fully saturated rings. The van der Waals surface area contributed by atoms with Crippen LogP contribution in [0.2, 0.25) is 0 Å². The van der Waals surface area contributed by atoms with E-state index in [4.69, 9.17) is 9.26 Å². The topological polar surface area (TPSA) is 85.5 Å². The summed E-state index contributed by atoms with van der Waals surface area (Å²) < 4.78 is 22.6. The highest BCUT2D eigenvalue weighted by molar-refractivity contribution is 7.84. The largest absolute Gasteiger partial charge is 0.378 e. The summed E-state index contributed by atoms with van der Waals surface area (Å²) >= 11 is 0. The summed E-state index contributed by atoms with van der Waals surface area (Å²) in [6.45, 7) is 4.12. The van der Waals surface area contributed by atoms with Crippen molar-refractivity contribution in [2.24, 2.45) is 0 Å². The second kappa shape index (κ2) is 7.67. The smallest absolute Gasteiger partial charge is 0.239 e. The van der Waals surface area contributed by atoms with E-state index in [1.54, 1.807) is 4.90 Å². The summed E-state index contributed by atoms with van der Waals surface area (Å²) in [6, 6.07) is 7.71. The van der Waals surface area contributed by atoms with E-state index in [9.17, 15) is 9.00 Å². The molecule has 1 saturated heterocycles. The zero-order valence-corrected chi connectivity index (χ0v) is 14.3. The maximum atomic E-state index is 12.2. The molecule has 0 aliphatic carbocycles. The Morgan fingerprint density at radius 2 is 2.04 bits per heavy atom. The average Bonchev–Trinajstić information content (AvgIpc) is 3.04. The van der Waals surface area contributed by atoms with Crippen LogP contribution in [-0.2, 0) is 26.1 Å². The Balaban J connectivity index is 1.59. The minimum Gasteiger partial charge on any atom is -0.378 e. The molecule has 2 aromatic rings. The van der Waals surface area contributed by atoms with Gasteiger partial charge in [-0.3, -0.25) is 9.00 Å². The van der Waals surface area contributed by atoms with Crippen molar-refractivity contribution in [2.45, 2.75) is 12.7 Å². The minimum absolute atomic E-state index is 0.0396. The van der Waals surface area contributed by atoms with Crippen molar-refractivity contribution in [2.75, 3.05) is 32.1 Å². The monoisotopic (exact) mass is 349 g/mol. The Hall–Kier alpha value is -2.06. The van der Waals surface area contributed by atoms with Crippen molar-refractivity contribution >= 4 is 16.7 Å². The number of hydrogen-bond donors (Lipinski definition) is 0. The molecule has 1 unspecified atom stereocenters. The van der Waals surface area contributed by atoms with Crippen LogP contribution in [0.1, 0.15) is 11.5 Å². The van der Waals surface area contributed by atoms with Gasteiger partial charge in [0.2, 0.25) is 17.6 Å². The first-order chi connectivity index (χ1) is 11.6. The number of hydrogen-bond acceptors (Lipinski definition) is 6. The van der Waals surface area contributed by atoms with Crippen LogP contribution in [0, 0.1) is 6.92 Å². The number of rotatable bonds is 5. The number of carbonyl (C=O) groups is 1. The van der Waals surface area contributed by atoms with E-state index in [1.165, 1.54) is 0 Å². The van der Waals surface area contributed by atoms with Crippen molar-refractivity contribution in [3.8, 4) is 11.4 Å². The van der Waals surface area contributed by atoms with Gasteiger partial charge in [0, 0.05) is 29.5 Å². The minimum atomic E-state index is -1.38. The Labute approximate surface area is 142 Å². The predicted molar refractivity (Wildman–Crippen MR) is 88.6 cm³/mol. The molecule has 0 N–H and O–H groups in total. The number of nitrogens with zero attached hydrogens (tertiary/aromatic N) is 3. The number of carbonyl (C=O) groups excluding carboxylic acids is 1. The summed E-state index contributed by atoms with van der Waals surface area (Å²) in [7, 11) is -1.38. The molecular weight excluding hydrogens is 330 g/mol. The summed E-state index contributed by atoms with van der Waals surface area (Å²) in [5, 5.41) is 3.94. The maximum absolute atomic E-state index is 12.2. The number of aryl methyl sites for hydroxylation is 1. The molecule has 2 heterocycles. The van der Waals surface area contributed by atoms with Crippen molar-refractivity contribution in [1.29, 1.82) is 0 Å². The van der Waals surface area contributed by atoms with E-state index in [0.29, 0.717) is 32.1 Å². The van der Waals surface area contributed by atoms with E-state index in [2.05, 4.69) is 10.1 Å². The van der Waals surface area contributed by atoms with E-state index in [0.717, 1.165) is 11.1 Å². The van der Waals surface area contributed by atoms with Crippen LogP contribution in [0.3, 0.4) is 0 Å². The van der Waals surface area contributed by atoms with Gasteiger partial charge in [-0.25, -0.2) is 0 Å². The molecule has 0 spiro atoms. The van der Waals surface area contributed by atoms with E-state index in [1.807, 2.05) is 31.2 Å². The highest BCUT2D eigenvalue weighted by Crippen LogP contribution is 2.20. The van der Waals surface area contributed by atoms with E-state index in [-0.39, 0.29) is 23.3 Å². The molecule has 8 heteroatoms. The van der Waals surface area contributed by atoms with Gasteiger partial charge in [0.15, 0.2) is 0 Å². The number of aromatic nitrogens is 2. The fourth-order valence-corrected chi connectivity index (χ4v) is 3.43. The van der Waals surface area contributed by atoms with Crippen LogP contribution >= 0.6 is 0 Å². The van der Waals surface area contributed by atoms with Gasteiger partial charge in [-0.1, -0.05) is 29.4 Å². The number of morpholine rings is 1. The predicted octanol–water partition coefficient (Wildman–Crippen LogP) is 1.15. The van der Waals surface area contributed by atoms with Gasteiger partial charge >= 0.3 is 0 Å². The first-order valence-corrected chi connectivity index (χ1v) is 9.21. The molecule has 1 aliphatic heterocycles. The summed E-state index contributed by atoms with van der Waals surface area (Å²) in [5.41, 5.74) is 1.91. The molecule has 1 atom stereocenters. The SMILES string of the molecule is Cc1ccccc1-c1noc(CS(=O)CC(=O)N2CCOCC2)n1. The van der Waals surface area contributed by atoms with Gasteiger partial charge in [-0.15, -0.1) is 0 Å². The number of amides is 1. The Kier molecular flexibility index (Phi) is 5.37. The van der Waals surface area contributed by atoms with Crippen LogP contribution in [0.15, 0.2) is 28.8 Å². The van der Waals surface area contributed by atoms with Gasteiger partial charge < -0.3 is 14.2 Å². The molecule has 1 aliphatic rings. The van der Waals surface area contributed by atoms with Gasteiger partial charge in [-0.2, -0.15) is 4.98 Å². The zero-order valence-electron chi connectivity index (χ0n) is 13.4. The normalized spacial score (nSPS) is 16.1. The fraction of sp³-hybridized carbons (Fsp3) is 0.438. The highest BCUT2D eigenvalue weighted by Gasteiger charge is 2.20. The third-order valence-electron chi connectivity index (χ3n) is 3.79. The fourth-order valence-electron chi connectivity index (χ4n) is 2.48. The van der Waals surface area contributed by atoms with Gasteiger partial charge in [0.05, 0.1) is 13.2 Å². The third kappa shape index (κ3) is 4.07. The van der Waals surface area contributed by atoms with Gasteiger partial charge in [0.25, 0.3) is 0 Å². The maximum Gasteiger partial charge on any atom is 0.239 e. The summed E-state index contributed by atoms with van der Waals surface area (Å²) in [6.07, 6.45) is 0. The first kappa shape index (κ1) is 16.8. The highest BCUT2D eigenvalue weighted by atomic mass is 32.2. The molecule has 0 saturated carbocycles. The van der Waals surface area contributed by atoms with Crippen molar-refractivity contribution in [3.05, 3.63) is 35.7 Å². The van der Waals surface area contributed by atoms with Crippen molar-refractivity contribution in [3.63, 3.8) is 0 Å². The molecular formula is C16H19N3O4S. The van der Waals surface area contributed by atoms with Crippen LogP contribution in [0.4, 0.5) is 0 Å². The lowest BCUT2D eigenvalue weighted by atomic mass is 10.1. The van der Waals surface area contributed by atoms with Crippen molar-refractivity contribution < 1.29 is 18.3 Å². The zero-order chi connectivity index (χ0) is 16.9. The molecule has 3 rings (SSSR count). The van der Waals surface area contributed by atoms with Crippen LogP contribution in [0.25, 0.3) is 11.4 Å². The quantitative estimate of drug-likeness (QED) is 0.805. The first-order valence-electron chi connectivity index (χ1n) is 7.72. The second-order valence-electron chi connectivity index (χ2n) is 5.55. The molecule has 0 radical (unpaired) electrons. The lowest BCUT2D eigenvalue weighted by Crippen LogP contribution is -2.42. The standard InChI is InChI=1S/C16H19N3O4S/c1-12-4-2-3-5-13(12)16-17-14(23-18-16)10-24(21)11-15(20)19-6-8-22-9-7-19/h2-5H,6-11H2,1H3. The molecule has 0 bridgehead atoms. The van der Waals surface area contributed by atoms with Crippen molar-refractivity contribution in [1.82, 2.24) is 15.0 Å². The number of benzene rings is 1. The molecule has 1 amide bonds. The second-order valence-corrected chi connectivity index (χ2v) is 7.01. The molecule has 1 aromatic carbocycles. The Bertz CT molecular complexity index is 740. The third-order valence-corrected chi connectivity index (χ3v) is 4.92. The van der Waals surface area contributed by atoms with E-state index < -0.39 is 10.8 Å². The molecule has 7 nitrogen and oxygen atoms in total. The van der Waals surface area contributed by atoms with Crippen LogP contribution in [0.5, 0.6) is 0 Å². The summed E-state index contributed by atoms with van der Waals surface area (Å²) in [4.78, 5) is 18.0. The van der Waals surface area contributed by atoms with Gasteiger partial charge in [0.1, 0.15) is 11.5 Å².